The Morgan fingerprint density at radius 1 is 1.30 bits per heavy atom. The Kier molecular flexibility index (Phi) is 5.83. The Balaban J connectivity index is 1.60. The largest absolute Gasteiger partial charge is 0.369 e. The molecular weight excluding hydrogens is 346 g/mol. The molecule has 4 atom stereocenters. The molecule has 1 aromatic rings. The topological polar surface area (TPSA) is 89.3 Å². The molecule has 1 N–H and O–H groups in total. The Bertz CT molecular complexity index is 702. The Hall–Kier alpha value is -1.96. The number of nitrogens with one attached hydrogen (secondary N) is 1. The molecule has 2 amide bonds. The molecule has 27 heavy (non-hydrogen) atoms. The molecule has 2 aliphatic rings. The summed E-state index contributed by atoms with van der Waals surface area (Å²) in [4.78, 5) is 27.4. The summed E-state index contributed by atoms with van der Waals surface area (Å²) >= 11 is 0. The van der Waals surface area contributed by atoms with E-state index in [1.807, 2.05) is 18.7 Å². The molecule has 3 heterocycles. The van der Waals surface area contributed by atoms with Crippen molar-refractivity contribution in [3.8, 4) is 0 Å². The highest BCUT2D eigenvalue weighted by Crippen LogP contribution is 2.38. The van der Waals surface area contributed by atoms with Gasteiger partial charge in [-0.3, -0.25) is 14.3 Å². The lowest BCUT2D eigenvalue weighted by molar-refractivity contribution is -0.144. The number of nitrogens with zero attached hydrogens (tertiary/aromatic N) is 4. The van der Waals surface area contributed by atoms with Gasteiger partial charge in [0.15, 0.2) is 5.69 Å². The molecule has 0 aromatic carbocycles. The van der Waals surface area contributed by atoms with E-state index >= 15 is 0 Å². The van der Waals surface area contributed by atoms with E-state index < -0.39 is 6.10 Å². The van der Waals surface area contributed by atoms with E-state index in [1.165, 1.54) is 0 Å². The van der Waals surface area contributed by atoms with Crippen molar-refractivity contribution in [3.05, 3.63) is 11.4 Å². The molecule has 2 bridgehead atoms. The third-order valence-corrected chi connectivity index (χ3v) is 5.84. The summed E-state index contributed by atoms with van der Waals surface area (Å²) in [5, 5.41) is 10.9. The van der Waals surface area contributed by atoms with Gasteiger partial charge in [0.2, 0.25) is 0 Å². The number of ether oxygens (including phenoxy) is 1. The van der Waals surface area contributed by atoms with E-state index in [1.54, 1.807) is 11.7 Å². The third-order valence-electron chi connectivity index (χ3n) is 5.84. The highest BCUT2D eigenvalue weighted by Gasteiger charge is 2.50. The highest BCUT2D eigenvalue weighted by molar-refractivity contribution is 5.93. The molecule has 8 heteroatoms. The zero-order chi connectivity index (χ0) is 19.7. The number of fused-ring (bicyclic) bond motifs is 2. The van der Waals surface area contributed by atoms with Crippen LogP contribution in [0.1, 0.15) is 62.6 Å². The van der Waals surface area contributed by atoms with Crippen LogP contribution < -0.4 is 5.32 Å². The standard InChI is InChI=1S/C19H31N5O3/c1-11(2)8-9-27-13(4)19(26)24-14-6-7-16(24)15(10-14)20-18(25)17-12(3)23(5)22-21-17/h11,13-16H,6-10H2,1-5H3,(H,20,25)/t13?,14-,15+,16+/m1/s1. The Labute approximate surface area is 160 Å². The van der Waals surface area contributed by atoms with Crippen molar-refractivity contribution in [2.45, 2.75) is 77.6 Å². The van der Waals surface area contributed by atoms with Gasteiger partial charge in [-0.1, -0.05) is 19.1 Å². The molecule has 2 fully saturated rings. The van der Waals surface area contributed by atoms with E-state index in [-0.39, 0.29) is 29.9 Å². The summed E-state index contributed by atoms with van der Waals surface area (Å²) in [6, 6.07) is 0.191. The molecule has 1 aromatic heterocycles. The zero-order valence-electron chi connectivity index (χ0n) is 16.9. The van der Waals surface area contributed by atoms with E-state index in [2.05, 4.69) is 29.5 Å². The lowest BCUT2D eigenvalue weighted by atomic mass is 9.95. The second kappa shape index (κ2) is 7.96. The molecule has 0 aliphatic carbocycles. The maximum Gasteiger partial charge on any atom is 0.274 e. The minimum absolute atomic E-state index is 0.0375. The van der Waals surface area contributed by atoms with Gasteiger partial charge in [-0.2, -0.15) is 0 Å². The smallest absolute Gasteiger partial charge is 0.274 e. The van der Waals surface area contributed by atoms with Gasteiger partial charge < -0.3 is 15.0 Å². The van der Waals surface area contributed by atoms with Gasteiger partial charge in [-0.25, -0.2) is 0 Å². The molecule has 1 unspecified atom stereocenters. The van der Waals surface area contributed by atoms with Gasteiger partial charge in [0, 0.05) is 19.7 Å². The van der Waals surface area contributed by atoms with Crippen LogP contribution in [0.5, 0.6) is 0 Å². The normalized spacial score (nSPS) is 25.3. The number of hydrogen-bond acceptors (Lipinski definition) is 5. The number of rotatable bonds is 7. The number of aromatic nitrogens is 3. The van der Waals surface area contributed by atoms with Gasteiger partial charge in [0.25, 0.3) is 11.8 Å². The number of carbonyl (C=O) groups is 2. The summed E-state index contributed by atoms with van der Waals surface area (Å²) in [6.07, 6.45) is 3.20. The summed E-state index contributed by atoms with van der Waals surface area (Å²) in [5.41, 5.74) is 1.08. The molecule has 8 nitrogen and oxygen atoms in total. The van der Waals surface area contributed by atoms with Crippen LogP contribution in [-0.2, 0) is 16.6 Å². The summed E-state index contributed by atoms with van der Waals surface area (Å²) < 4.78 is 7.34. The summed E-state index contributed by atoms with van der Waals surface area (Å²) in [7, 11) is 1.76. The van der Waals surface area contributed by atoms with Crippen molar-refractivity contribution >= 4 is 11.8 Å². The predicted molar refractivity (Wildman–Crippen MR) is 100 cm³/mol. The fourth-order valence-electron chi connectivity index (χ4n) is 4.10. The lowest BCUT2D eigenvalue weighted by Crippen LogP contribution is -2.47. The van der Waals surface area contributed by atoms with Crippen LogP contribution in [0.4, 0.5) is 0 Å². The Morgan fingerprint density at radius 3 is 2.67 bits per heavy atom. The van der Waals surface area contributed by atoms with Gasteiger partial charge in [0.05, 0.1) is 17.8 Å². The van der Waals surface area contributed by atoms with Crippen LogP contribution in [0.2, 0.25) is 0 Å². The quantitative estimate of drug-likeness (QED) is 0.777. The fourth-order valence-corrected chi connectivity index (χ4v) is 4.10. The SMILES string of the molecule is Cc1c(C(=O)N[C@H]2C[C@H]3CC[C@@H]2N3C(=O)C(C)OCCC(C)C)nnn1C. The number of amides is 2. The average Bonchev–Trinajstić information content (AvgIpc) is 3.27. The first-order valence-corrected chi connectivity index (χ1v) is 9.90. The average molecular weight is 377 g/mol. The molecule has 0 radical (unpaired) electrons. The second-order valence-corrected chi connectivity index (χ2v) is 8.20. The second-order valence-electron chi connectivity index (χ2n) is 8.20. The molecule has 2 saturated heterocycles. The molecule has 3 rings (SSSR count). The van der Waals surface area contributed by atoms with Gasteiger partial charge >= 0.3 is 0 Å². The van der Waals surface area contributed by atoms with Gasteiger partial charge in [-0.05, 0) is 45.4 Å². The van der Waals surface area contributed by atoms with Crippen molar-refractivity contribution in [2.75, 3.05) is 6.61 Å². The molecular formula is C19H31N5O3. The number of hydrogen-bond donors (Lipinski definition) is 1. The minimum atomic E-state index is -0.441. The maximum atomic E-state index is 12.9. The van der Waals surface area contributed by atoms with E-state index in [9.17, 15) is 9.59 Å². The molecule has 0 saturated carbocycles. The van der Waals surface area contributed by atoms with Gasteiger partial charge in [-0.15, -0.1) is 5.10 Å². The van der Waals surface area contributed by atoms with Crippen LogP contribution in [0, 0.1) is 12.8 Å². The molecule has 0 spiro atoms. The number of carbonyl (C=O) groups excluding carboxylic acids is 2. The van der Waals surface area contributed by atoms with E-state index in [0.717, 1.165) is 31.4 Å². The monoisotopic (exact) mass is 377 g/mol. The van der Waals surface area contributed by atoms with Crippen LogP contribution in [0.3, 0.4) is 0 Å². The van der Waals surface area contributed by atoms with Crippen LogP contribution in [0.15, 0.2) is 0 Å². The zero-order valence-corrected chi connectivity index (χ0v) is 16.9. The maximum absolute atomic E-state index is 12.9. The number of aryl methyl sites for hydroxylation is 1. The van der Waals surface area contributed by atoms with Crippen LogP contribution >= 0.6 is 0 Å². The first-order chi connectivity index (χ1) is 12.8. The van der Waals surface area contributed by atoms with Crippen LogP contribution in [0.25, 0.3) is 0 Å². The Morgan fingerprint density at radius 2 is 2.04 bits per heavy atom. The van der Waals surface area contributed by atoms with Crippen molar-refractivity contribution in [3.63, 3.8) is 0 Å². The molecule has 150 valence electrons. The fraction of sp³-hybridized carbons (Fsp3) is 0.789. The first kappa shape index (κ1) is 19.8. The highest BCUT2D eigenvalue weighted by atomic mass is 16.5. The lowest BCUT2D eigenvalue weighted by Gasteiger charge is -2.27. The van der Waals surface area contributed by atoms with E-state index in [0.29, 0.717) is 18.2 Å². The third kappa shape index (κ3) is 4.00. The predicted octanol–water partition coefficient (Wildman–Crippen LogP) is 1.44. The van der Waals surface area contributed by atoms with Crippen molar-refractivity contribution < 1.29 is 14.3 Å². The van der Waals surface area contributed by atoms with E-state index in [4.69, 9.17) is 4.74 Å². The molecule has 2 aliphatic heterocycles. The van der Waals surface area contributed by atoms with Crippen molar-refractivity contribution in [2.24, 2.45) is 13.0 Å². The summed E-state index contributed by atoms with van der Waals surface area (Å²) in [5.74, 6) is 0.380. The van der Waals surface area contributed by atoms with Crippen molar-refractivity contribution in [1.82, 2.24) is 25.2 Å². The summed E-state index contributed by atoms with van der Waals surface area (Å²) in [6.45, 7) is 8.53. The van der Waals surface area contributed by atoms with Crippen molar-refractivity contribution in [1.29, 1.82) is 0 Å². The first-order valence-electron chi connectivity index (χ1n) is 9.90. The van der Waals surface area contributed by atoms with Crippen LogP contribution in [-0.4, -0.2) is 62.5 Å². The minimum Gasteiger partial charge on any atom is -0.369 e. The van der Waals surface area contributed by atoms with Gasteiger partial charge in [0.1, 0.15) is 6.10 Å².